The number of likely N-dealkylation sites (N-methyl/N-ethyl adjacent to an activating group) is 1. The molecular formula is C24H27ClN4O3S. The van der Waals surface area contributed by atoms with E-state index in [9.17, 15) is 4.79 Å². The van der Waals surface area contributed by atoms with Crippen LogP contribution in [0.25, 0.3) is 0 Å². The predicted octanol–water partition coefficient (Wildman–Crippen LogP) is 4.43. The van der Waals surface area contributed by atoms with Crippen molar-refractivity contribution in [2.75, 3.05) is 20.7 Å². The molecule has 1 aromatic heterocycles. The minimum absolute atomic E-state index is 0.0669. The van der Waals surface area contributed by atoms with Gasteiger partial charge in [0.1, 0.15) is 17.1 Å². The monoisotopic (exact) mass is 486 g/mol. The Hall–Kier alpha value is -2.55. The first kappa shape index (κ1) is 23.6. The van der Waals surface area contributed by atoms with Gasteiger partial charge in [-0.1, -0.05) is 34.0 Å². The van der Waals surface area contributed by atoms with Crippen molar-refractivity contribution in [2.24, 2.45) is 0 Å². The molecule has 1 fully saturated rings. The summed E-state index contributed by atoms with van der Waals surface area (Å²) in [6.07, 6.45) is 0.760. The van der Waals surface area contributed by atoms with Crippen molar-refractivity contribution < 1.29 is 14.2 Å². The molecule has 1 aliphatic heterocycles. The molecule has 4 rings (SSSR count). The van der Waals surface area contributed by atoms with Crippen LogP contribution in [0.5, 0.6) is 5.75 Å². The van der Waals surface area contributed by atoms with Gasteiger partial charge >= 0.3 is 0 Å². The largest absolute Gasteiger partial charge is 0.497 e. The summed E-state index contributed by atoms with van der Waals surface area (Å²) in [7, 11) is 3.47. The van der Waals surface area contributed by atoms with Crippen LogP contribution in [-0.2, 0) is 17.9 Å². The first-order valence-corrected chi connectivity index (χ1v) is 12.0. The molecule has 7 nitrogen and oxygen atoms in total. The fourth-order valence-corrected chi connectivity index (χ4v) is 5.48. The highest BCUT2D eigenvalue weighted by molar-refractivity contribution is 8.00. The van der Waals surface area contributed by atoms with E-state index in [0.29, 0.717) is 29.5 Å². The van der Waals surface area contributed by atoms with E-state index in [4.69, 9.17) is 21.0 Å². The van der Waals surface area contributed by atoms with Gasteiger partial charge in [0.15, 0.2) is 0 Å². The van der Waals surface area contributed by atoms with E-state index in [1.54, 1.807) is 30.8 Å². The molecule has 3 aromatic rings. The van der Waals surface area contributed by atoms with Gasteiger partial charge in [0.25, 0.3) is 0 Å². The van der Waals surface area contributed by atoms with Crippen molar-refractivity contribution in [1.29, 1.82) is 0 Å². The Balaban J connectivity index is 1.50. The SMILES string of the molecule is COc1ccc(S[C@@H]2C[C@@H](C(=O)N(C)Cc3nonc3C)N(Cc3cccc(Cl)c3)C2)cc1. The summed E-state index contributed by atoms with van der Waals surface area (Å²) >= 11 is 8.00. The number of likely N-dealkylation sites (tertiary alicyclic amines) is 1. The van der Waals surface area contributed by atoms with Crippen LogP contribution in [0, 0.1) is 6.92 Å². The van der Waals surface area contributed by atoms with Crippen LogP contribution in [0.2, 0.25) is 5.02 Å². The summed E-state index contributed by atoms with van der Waals surface area (Å²) in [5.41, 5.74) is 2.47. The number of hydrogen-bond acceptors (Lipinski definition) is 7. The standard InChI is InChI=1S/C24H27ClN4O3S/c1-16-22(27-32-26-16)15-28(2)24(30)23-12-21(33-20-9-7-19(31-3)8-10-20)14-29(23)13-17-5-4-6-18(25)11-17/h4-11,21,23H,12-15H2,1-3H3/t21-,23+/m1/s1. The van der Waals surface area contributed by atoms with E-state index in [2.05, 4.69) is 27.3 Å². The molecule has 0 N–H and O–H groups in total. The van der Waals surface area contributed by atoms with Crippen molar-refractivity contribution in [2.45, 2.75) is 42.6 Å². The Morgan fingerprint density at radius 1 is 1.27 bits per heavy atom. The molecule has 2 atom stereocenters. The van der Waals surface area contributed by atoms with Crippen LogP contribution in [0.1, 0.15) is 23.4 Å². The molecule has 174 valence electrons. The maximum Gasteiger partial charge on any atom is 0.240 e. The first-order chi connectivity index (χ1) is 15.9. The Labute approximate surface area is 203 Å². The molecule has 9 heteroatoms. The zero-order valence-corrected chi connectivity index (χ0v) is 20.5. The quantitative estimate of drug-likeness (QED) is 0.466. The van der Waals surface area contributed by atoms with Crippen molar-refractivity contribution in [1.82, 2.24) is 20.1 Å². The highest BCUT2D eigenvalue weighted by Gasteiger charge is 2.38. The molecule has 0 saturated carbocycles. The molecule has 2 heterocycles. The van der Waals surface area contributed by atoms with E-state index in [-0.39, 0.29) is 17.2 Å². The van der Waals surface area contributed by atoms with Gasteiger partial charge in [0.05, 0.1) is 19.7 Å². The molecule has 1 saturated heterocycles. The number of nitrogens with zero attached hydrogens (tertiary/aromatic N) is 4. The number of benzene rings is 2. The normalized spacial score (nSPS) is 18.4. The van der Waals surface area contributed by atoms with Crippen molar-refractivity contribution in [3.8, 4) is 5.75 Å². The number of ether oxygens (including phenoxy) is 1. The number of aryl methyl sites for hydroxylation is 1. The summed E-state index contributed by atoms with van der Waals surface area (Å²) in [6.45, 7) is 3.66. The lowest BCUT2D eigenvalue weighted by Gasteiger charge is -2.27. The number of amides is 1. The third-order valence-corrected chi connectivity index (χ3v) is 7.25. The average Bonchev–Trinajstić information content (AvgIpc) is 3.39. The zero-order valence-electron chi connectivity index (χ0n) is 18.9. The lowest BCUT2D eigenvalue weighted by molar-refractivity contribution is -0.135. The van der Waals surface area contributed by atoms with E-state index >= 15 is 0 Å². The Morgan fingerprint density at radius 2 is 2.06 bits per heavy atom. The minimum atomic E-state index is -0.232. The van der Waals surface area contributed by atoms with Gasteiger partial charge in [-0.2, -0.15) is 0 Å². The second-order valence-corrected chi connectivity index (χ2v) is 10.0. The highest BCUT2D eigenvalue weighted by atomic mass is 35.5. The van der Waals surface area contributed by atoms with Crippen molar-refractivity contribution >= 4 is 29.3 Å². The van der Waals surface area contributed by atoms with Crippen LogP contribution < -0.4 is 4.74 Å². The van der Waals surface area contributed by atoms with E-state index in [1.807, 2.05) is 43.3 Å². The van der Waals surface area contributed by atoms with Gasteiger partial charge in [0, 0.05) is 35.3 Å². The fourth-order valence-electron chi connectivity index (χ4n) is 4.05. The van der Waals surface area contributed by atoms with Crippen LogP contribution in [-0.4, -0.2) is 58.0 Å². The van der Waals surface area contributed by atoms with Crippen molar-refractivity contribution in [3.63, 3.8) is 0 Å². The molecule has 0 aliphatic carbocycles. The number of thioether (sulfide) groups is 1. The van der Waals surface area contributed by atoms with Crippen LogP contribution in [0.4, 0.5) is 0 Å². The summed E-state index contributed by atoms with van der Waals surface area (Å²) in [5, 5.41) is 8.73. The Bertz CT molecular complexity index is 1090. The van der Waals surface area contributed by atoms with E-state index in [0.717, 1.165) is 29.2 Å². The van der Waals surface area contributed by atoms with Gasteiger partial charge in [0.2, 0.25) is 5.91 Å². The molecular weight excluding hydrogens is 460 g/mol. The number of carbonyl (C=O) groups is 1. The maximum atomic E-state index is 13.5. The lowest BCUT2D eigenvalue weighted by atomic mass is 10.1. The summed E-state index contributed by atoms with van der Waals surface area (Å²) < 4.78 is 10.1. The number of methoxy groups -OCH3 is 1. The van der Waals surface area contributed by atoms with Crippen molar-refractivity contribution in [3.05, 3.63) is 70.5 Å². The number of hydrogen-bond donors (Lipinski definition) is 0. The van der Waals surface area contributed by atoms with Gasteiger partial charge in [-0.3, -0.25) is 9.69 Å². The van der Waals surface area contributed by atoms with Gasteiger partial charge in [-0.15, -0.1) is 11.8 Å². The molecule has 0 spiro atoms. The predicted molar refractivity (Wildman–Crippen MR) is 128 cm³/mol. The zero-order chi connectivity index (χ0) is 23.4. The topological polar surface area (TPSA) is 71.7 Å². The number of halogens is 1. The highest BCUT2D eigenvalue weighted by Crippen LogP contribution is 2.35. The van der Waals surface area contributed by atoms with Gasteiger partial charge in [-0.25, -0.2) is 4.63 Å². The third-order valence-electron chi connectivity index (χ3n) is 5.80. The average molecular weight is 487 g/mol. The smallest absolute Gasteiger partial charge is 0.240 e. The van der Waals surface area contributed by atoms with E-state index in [1.165, 1.54) is 0 Å². The van der Waals surface area contributed by atoms with E-state index < -0.39 is 0 Å². The second kappa shape index (κ2) is 10.6. The van der Waals surface area contributed by atoms with Crippen LogP contribution in [0.15, 0.2) is 58.1 Å². The summed E-state index contributed by atoms with van der Waals surface area (Å²) in [5.74, 6) is 0.901. The first-order valence-electron chi connectivity index (χ1n) is 10.7. The molecule has 0 unspecified atom stereocenters. The summed E-state index contributed by atoms with van der Waals surface area (Å²) in [6, 6.07) is 15.6. The molecule has 1 aliphatic rings. The lowest BCUT2D eigenvalue weighted by Crippen LogP contribution is -2.43. The molecule has 0 radical (unpaired) electrons. The van der Waals surface area contributed by atoms with Crippen LogP contribution >= 0.6 is 23.4 Å². The van der Waals surface area contributed by atoms with Gasteiger partial charge in [-0.05, 0) is 55.3 Å². The second-order valence-electron chi connectivity index (χ2n) is 8.22. The Kier molecular flexibility index (Phi) is 7.57. The van der Waals surface area contributed by atoms with Gasteiger partial charge < -0.3 is 9.64 Å². The number of rotatable bonds is 8. The third kappa shape index (κ3) is 5.88. The minimum Gasteiger partial charge on any atom is -0.497 e. The molecule has 1 amide bonds. The Morgan fingerprint density at radius 3 is 2.73 bits per heavy atom. The number of aromatic nitrogens is 2. The summed E-state index contributed by atoms with van der Waals surface area (Å²) in [4.78, 5) is 18.6. The molecule has 33 heavy (non-hydrogen) atoms. The maximum absolute atomic E-state index is 13.5. The molecule has 2 aromatic carbocycles. The van der Waals surface area contributed by atoms with Crippen LogP contribution in [0.3, 0.4) is 0 Å². The fraction of sp³-hybridized carbons (Fsp3) is 0.375. The number of carbonyl (C=O) groups excluding carboxylic acids is 1. The molecule has 0 bridgehead atoms.